The Morgan fingerprint density at radius 2 is 1.85 bits per heavy atom. The third kappa shape index (κ3) is 4.11. The van der Waals surface area contributed by atoms with Crippen LogP contribution in [-0.2, 0) is 6.54 Å². The molecule has 0 unspecified atom stereocenters. The van der Waals surface area contributed by atoms with Crippen molar-refractivity contribution in [2.45, 2.75) is 27.3 Å². The highest BCUT2D eigenvalue weighted by Gasteiger charge is 2.12. The van der Waals surface area contributed by atoms with Gasteiger partial charge in [0.2, 0.25) is 0 Å². The maximum absolute atomic E-state index is 12.4. The molecule has 0 saturated carbocycles. The fourth-order valence-corrected chi connectivity index (χ4v) is 3.74. The molecule has 0 radical (unpaired) electrons. The van der Waals surface area contributed by atoms with Crippen LogP contribution in [0.1, 0.15) is 33.4 Å². The van der Waals surface area contributed by atoms with Crippen LogP contribution in [0.5, 0.6) is 5.75 Å². The van der Waals surface area contributed by atoms with Gasteiger partial charge in [-0.1, -0.05) is 24.3 Å². The predicted molar refractivity (Wildman–Crippen MR) is 106 cm³/mol. The van der Waals surface area contributed by atoms with Crippen LogP contribution < -0.4 is 10.1 Å². The molecule has 0 aliphatic carbocycles. The third-order valence-electron chi connectivity index (χ3n) is 4.11. The summed E-state index contributed by atoms with van der Waals surface area (Å²) in [6.07, 6.45) is 0. The summed E-state index contributed by atoms with van der Waals surface area (Å²) in [5.41, 5.74) is 3.92. The van der Waals surface area contributed by atoms with Gasteiger partial charge in [0.1, 0.15) is 10.8 Å². The summed E-state index contributed by atoms with van der Waals surface area (Å²) in [5, 5.41) is 3.97. The number of hydrogen-bond acceptors (Lipinski definition) is 4. The first-order chi connectivity index (χ1) is 12.6. The molecule has 3 rings (SSSR count). The summed E-state index contributed by atoms with van der Waals surface area (Å²) >= 11 is 1.63. The molecule has 0 saturated heterocycles. The Labute approximate surface area is 157 Å². The highest BCUT2D eigenvalue weighted by molar-refractivity contribution is 7.15. The van der Waals surface area contributed by atoms with E-state index in [1.165, 1.54) is 5.56 Å². The molecule has 5 heteroatoms. The molecule has 0 aliphatic rings. The third-order valence-corrected chi connectivity index (χ3v) is 5.30. The number of thiazole rings is 1. The number of nitrogens with zero attached hydrogens (tertiary/aromatic N) is 1. The largest absolute Gasteiger partial charge is 0.494 e. The topological polar surface area (TPSA) is 51.2 Å². The van der Waals surface area contributed by atoms with Gasteiger partial charge in [0.05, 0.1) is 18.8 Å². The van der Waals surface area contributed by atoms with Gasteiger partial charge in [-0.2, -0.15) is 0 Å². The minimum Gasteiger partial charge on any atom is -0.494 e. The van der Waals surface area contributed by atoms with E-state index in [4.69, 9.17) is 4.74 Å². The van der Waals surface area contributed by atoms with Crippen LogP contribution in [0.15, 0.2) is 48.5 Å². The fraction of sp³-hybridized carbons (Fsp3) is 0.238. The molecular formula is C21H22N2O2S. The number of carbonyl (C=O) groups is 1. The molecule has 26 heavy (non-hydrogen) atoms. The van der Waals surface area contributed by atoms with Gasteiger partial charge in [0.15, 0.2) is 0 Å². The standard InChI is InChI=1S/C21H22N2O2S/c1-4-25-17-11-9-16(10-12-17)20(24)22-13-19-15(3)23-21(26-19)18-8-6-5-7-14(18)2/h5-12H,4,13H2,1-3H3,(H,22,24). The summed E-state index contributed by atoms with van der Waals surface area (Å²) in [6, 6.07) is 15.4. The van der Waals surface area contributed by atoms with E-state index in [1.807, 2.05) is 38.1 Å². The molecule has 0 bridgehead atoms. The highest BCUT2D eigenvalue weighted by atomic mass is 32.1. The Balaban J connectivity index is 1.68. The van der Waals surface area contributed by atoms with Crippen LogP contribution in [0.3, 0.4) is 0 Å². The predicted octanol–water partition coefficient (Wildman–Crippen LogP) is 4.76. The van der Waals surface area contributed by atoms with E-state index in [-0.39, 0.29) is 5.91 Å². The van der Waals surface area contributed by atoms with Crippen molar-refractivity contribution in [3.63, 3.8) is 0 Å². The molecule has 4 nitrogen and oxygen atoms in total. The second-order valence-electron chi connectivity index (χ2n) is 5.98. The van der Waals surface area contributed by atoms with Crippen molar-refractivity contribution in [1.82, 2.24) is 10.3 Å². The van der Waals surface area contributed by atoms with Crippen LogP contribution in [0.2, 0.25) is 0 Å². The SMILES string of the molecule is CCOc1ccc(C(=O)NCc2sc(-c3ccccc3C)nc2C)cc1. The van der Waals surface area contributed by atoms with E-state index in [0.717, 1.165) is 26.9 Å². The van der Waals surface area contributed by atoms with Gasteiger partial charge < -0.3 is 10.1 Å². The van der Waals surface area contributed by atoms with E-state index in [0.29, 0.717) is 18.7 Å². The first-order valence-electron chi connectivity index (χ1n) is 8.62. The van der Waals surface area contributed by atoms with E-state index in [9.17, 15) is 4.79 Å². The molecule has 0 spiro atoms. The average Bonchev–Trinajstić information content (AvgIpc) is 3.01. The van der Waals surface area contributed by atoms with Crippen molar-refractivity contribution in [1.29, 1.82) is 0 Å². The quantitative estimate of drug-likeness (QED) is 0.684. The summed E-state index contributed by atoms with van der Waals surface area (Å²) in [6.45, 7) is 7.08. The molecule has 1 heterocycles. The zero-order valence-electron chi connectivity index (χ0n) is 15.2. The average molecular weight is 366 g/mol. The molecule has 0 fully saturated rings. The lowest BCUT2D eigenvalue weighted by atomic mass is 10.1. The van der Waals surface area contributed by atoms with Crippen LogP contribution in [0.4, 0.5) is 0 Å². The maximum atomic E-state index is 12.4. The lowest BCUT2D eigenvalue weighted by Gasteiger charge is -2.06. The van der Waals surface area contributed by atoms with Crippen molar-refractivity contribution in [3.05, 3.63) is 70.2 Å². The Morgan fingerprint density at radius 1 is 1.12 bits per heavy atom. The summed E-state index contributed by atoms with van der Waals surface area (Å²) in [5.74, 6) is 0.670. The van der Waals surface area contributed by atoms with E-state index >= 15 is 0 Å². The zero-order valence-corrected chi connectivity index (χ0v) is 16.0. The number of nitrogens with one attached hydrogen (secondary N) is 1. The number of ether oxygens (including phenoxy) is 1. The second kappa shape index (κ2) is 8.15. The van der Waals surface area contributed by atoms with Crippen LogP contribution >= 0.6 is 11.3 Å². The van der Waals surface area contributed by atoms with Crippen molar-refractivity contribution >= 4 is 17.2 Å². The molecule has 1 N–H and O–H groups in total. The Bertz CT molecular complexity index is 901. The fourth-order valence-electron chi connectivity index (χ4n) is 2.65. The van der Waals surface area contributed by atoms with Crippen molar-refractivity contribution in [3.8, 4) is 16.3 Å². The summed E-state index contributed by atoms with van der Waals surface area (Å²) in [4.78, 5) is 18.1. The van der Waals surface area contributed by atoms with Crippen LogP contribution in [0.25, 0.3) is 10.6 Å². The molecule has 134 valence electrons. The summed E-state index contributed by atoms with van der Waals surface area (Å²) in [7, 11) is 0. The van der Waals surface area contributed by atoms with Gasteiger partial charge in [-0.25, -0.2) is 4.98 Å². The number of hydrogen-bond donors (Lipinski definition) is 1. The van der Waals surface area contributed by atoms with Gasteiger partial charge in [-0.05, 0) is 50.6 Å². The molecule has 1 amide bonds. The Kier molecular flexibility index (Phi) is 5.68. The number of carbonyl (C=O) groups excluding carboxylic acids is 1. The number of aryl methyl sites for hydroxylation is 2. The maximum Gasteiger partial charge on any atom is 0.251 e. The number of rotatable bonds is 6. The number of benzene rings is 2. The van der Waals surface area contributed by atoms with E-state index < -0.39 is 0 Å². The van der Waals surface area contributed by atoms with E-state index in [2.05, 4.69) is 29.4 Å². The highest BCUT2D eigenvalue weighted by Crippen LogP contribution is 2.30. The first-order valence-corrected chi connectivity index (χ1v) is 9.43. The van der Waals surface area contributed by atoms with Crippen molar-refractivity contribution in [2.24, 2.45) is 0 Å². The van der Waals surface area contributed by atoms with Gasteiger partial charge in [0.25, 0.3) is 5.91 Å². The van der Waals surface area contributed by atoms with Gasteiger partial charge in [0, 0.05) is 16.0 Å². The molecule has 3 aromatic rings. The lowest BCUT2D eigenvalue weighted by molar-refractivity contribution is 0.0951. The molecular weight excluding hydrogens is 344 g/mol. The lowest BCUT2D eigenvalue weighted by Crippen LogP contribution is -2.22. The minimum atomic E-state index is -0.0988. The Hall–Kier alpha value is -2.66. The van der Waals surface area contributed by atoms with E-state index in [1.54, 1.807) is 23.5 Å². The van der Waals surface area contributed by atoms with Gasteiger partial charge >= 0.3 is 0 Å². The summed E-state index contributed by atoms with van der Waals surface area (Å²) < 4.78 is 5.40. The second-order valence-corrected chi connectivity index (χ2v) is 7.07. The smallest absolute Gasteiger partial charge is 0.251 e. The van der Waals surface area contributed by atoms with Crippen LogP contribution in [-0.4, -0.2) is 17.5 Å². The molecule has 0 atom stereocenters. The number of aromatic nitrogens is 1. The zero-order chi connectivity index (χ0) is 18.5. The van der Waals surface area contributed by atoms with Gasteiger partial charge in [-0.3, -0.25) is 4.79 Å². The molecule has 1 aromatic heterocycles. The normalized spacial score (nSPS) is 10.6. The Morgan fingerprint density at radius 3 is 2.54 bits per heavy atom. The first kappa shape index (κ1) is 18.1. The van der Waals surface area contributed by atoms with Crippen molar-refractivity contribution < 1.29 is 9.53 Å². The molecule has 2 aromatic carbocycles. The minimum absolute atomic E-state index is 0.0988. The molecule has 0 aliphatic heterocycles. The van der Waals surface area contributed by atoms with Crippen LogP contribution in [0, 0.1) is 13.8 Å². The number of amides is 1. The monoisotopic (exact) mass is 366 g/mol. The van der Waals surface area contributed by atoms with Crippen molar-refractivity contribution in [2.75, 3.05) is 6.61 Å². The van der Waals surface area contributed by atoms with Gasteiger partial charge in [-0.15, -0.1) is 11.3 Å².